The molecular formula is C29H57BrO4. The lowest BCUT2D eigenvalue weighted by atomic mass is 10.1. The molecule has 0 saturated carbocycles. The van der Waals surface area contributed by atoms with Gasteiger partial charge in [-0.05, 0) is 25.7 Å². The summed E-state index contributed by atoms with van der Waals surface area (Å²) in [4.78, 5) is 12.2. The van der Waals surface area contributed by atoms with Crippen LogP contribution >= 0.6 is 15.9 Å². The zero-order valence-electron chi connectivity index (χ0n) is 22.8. The summed E-state index contributed by atoms with van der Waals surface area (Å²) >= 11 is 3.48. The van der Waals surface area contributed by atoms with Crippen molar-refractivity contribution in [1.82, 2.24) is 0 Å². The van der Waals surface area contributed by atoms with Crippen LogP contribution in [0.15, 0.2) is 0 Å². The van der Waals surface area contributed by atoms with Gasteiger partial charge in [-0.25, -0.2) is 0 Å². The number of hydrogen-bond donors (Lipinski definition) is 0. The highest BCUT2D eigenvalue weighted by molar-refractivity contribution is 9.09. The average Bonchev–Trinajstić information content (AvgIpc) is 2.84. The van der Waals surface area contributed by atoms with Gasteiger partial charge < -0.3 is 14.2 Å². The highest BCUT2D eigenvalue weighted by Crippen LogP contribution is 2.12. The monoisotopic (exact) mass is 548 g/mol. The Morgan fingerprint density at radius 2 is 1.00 bits per heavy atom. The van der Waals surface area contributed by atoms with Crippen molar-refractivity contribution in [2.24, 2.45) is 0 Å². The Bertz CT molecular complexity index is 388. The smallest absolute Gasteiger partial charge is 0.305 e. The summed E-state index contributed by atoms with van der Waals surface area (Å²) in [6.45, 7) is 6.47. The minimum atomic E-state index is -0.279. The molecule has 0 amide bonds. The molecule has 0 aliphatic heterocycles. The molecule has 0 aromatic rings. The van der Waals surface area contributed by atoms with Gasteiger partial charge in [0.2, 0.25) is 0 Å². The second kappa shape index (κ2) is 29.1. The number of hydrogen-bond acceptors (Lipinski definition) is 4. The predicted octanol–water partition coefficient (Wildman–Crippen LogP) is 9.52. The molecule has 0 spiro atoms. The van der Waals surface area contributed by atoms with Crippen LogP contribution in [0.5, 0.6) is 0 Å². The number of halogens is 1. The van der Waals surface area contributed by atoms with Gasteiger partial charge in [-0.2, -0.15) is 0 Å². The Labute approximate surface area is 220 Å². The molecule has 34 heavy (non-hydrogen) atoms. The molecule has 0 fully saturated rings. The second-order valence-electron chi connectivity index (χ2n) is 9.63. The third-order valence-electron chi connectivity index (χ3n) is 6.23. The number of rotatable bonds is 28. The minimum Gasteiger partial charge on any atom is -0.466 e. The molecule has 0 atom stereocenters. The fraction of sp³-hybridized carbons (Fsp3) is 0.966. The first kappa shape index (κ1) is 33.9. The van der Waals surface area contributed by atoms with Crippen LogP contribution in [0.1, 0.15) is 149 Å². The number of alkyl halides is 1. The molecule has 0 aromatic heterocycles. The van der Waals surface area contributed by atoms with Gasteiger partial charge in [0.1, 0.15) is 0 Å². The lowest BCUT2D eigenvalue weighted by molar-refractivity contribution is -0.159. The van der Waals surface area contributed by atoms with Crippen LogP contribution in [-0.2, 0) is 19.0 Å². The summed E-state index contributed by atoms with van der Waals surface area (Å²) in [6, 6.07) is 0. The van der Waals surface area contributed by atoms with Crippen molar-refractivity contribution in [1.29, 1.82) is 0 Å². The van der Waals surface area contributed by atoms with Crippen LogP contribution in [0.25, 0.3) is 0 Å². The Morgan fingerprint density at radius 1 is 0.588 bits per heavy atom. The fourth-order valence-electron chi connectivity index (χ4n) is 3.98. The molecule has 0 heterocycles. The molecule has 5 heteroatoms. The third-order valence-corrected chi connectivity index (χ3v) is 6.79. The number of carbonyl (C=O) groups excluding carboxylic acids is 1. The summed E-state index contributed by atoms with van der Waals surface area (Å²) in [7, 11) is 0. The van der Waals surface area contributed by atoms with Crippen LogP contribution in [0, 0.1) is 0 Å². The summed E-state index contributed by atoms with van der Waals surface area (Å²) in [6.07, 6.45) is 24.2. The van der Waals surface area contributed by atoms with Crippen molar-refractivity contribution < 1.29 is 19.0 Å². The van der Waals surface area contributed by atoms with Crippen molar-refractivity contribution in [3.05, 3.63) is 0 Å². The van der Waals surface area contributed by atoms with E-state index in [2.05, 4.69) is 29.8 Å². The molecule has 0 saturated heterocycles. The van der Waals surface area contributed by atoms with E-state index in [9.17, 15) is 4.79 Å². The van der Waals surface area contributed by atoms with Crippen LogP contribution in [0.4, 0.5) is 0 Å². The SMILES string of the molecule is CCCCCCCCOC(CCC(=O)OCCCCCCCCCBr)OCCCCCCCC. The van der Waals surface area contributed by atoms with E-state index in [1.54, 1.807) is 0 Å². The van der Waals surface area contributed by atoms with Crippen LogP contribution in [-0.4, -0.2) is 37.4 Å². The lowest BCUT2D eigenvalue weighted by Gasteiger charge is -2.18. The summed E-state index contributed by atoms with van der Waals surface area (Å²) in [5.41, 5.74) is 0. The van der Waals surface area contributed by atoms with Gasteiger partial charge in [0.15, 0.2) is 6.29 Å². The molecule has 0 radical (unpaired) electrons. The zero-order valence-corrected chi connectivity index (χ0v) is 24.4. The van der Waals surface area contributed by atoms with Gasteiger partial charge in [0, 0.05) is 25.0 Å². The standard InChI is InChI=1S/C29H57BrO4/c1-3-5-7-9-15-20-26-33-29(34-27-21-16-10-8-6-4-2)23-22-28(31)32-25-19-17-13-11-12-14-18-24-30/h29H,3-27H2,1-2H3. The lowest BCUT2D eigenvalue weighted by Crippen LogP contribution is -2.21. The molecule has 0 rings (SSSR count). The van der Waals surface area contributed by atoms with Crippen molar-refractivity contribution in [2.75, 3.05) is 25.2 Å². The van der Waals surface area contributed by atoms with E-state index in [1.807, 2.05) is 0 Å². The predicted molar refractivity (Wildman–Crippen MR) is 149 cm³/mol. The van der Waals surface area contributed by atoms with E-state index in [4.69, 9.17) is 14.2 Å². The van der Waals surface area contributed by atoms with Crippen molar-refractivity contribution in [3.8, 4) is 0 Å². The van der Waals surface area contributed by atoms with E-state index in [1.165, 1.54) is 96.3 Å². The van der Waals surface area contributed by atoms with Gasteiger partial charge in [0.25, 0.3) is 0 Å². The molecule has 204 valence electrons. The molecule has 0 unspecified atom stereocenters. The van der Waals surface area contributed by atoms with E-state index in [-0.39, 0.29) is 12.3 Å². The summed E-state index contributed by atoms with van der Waals surface area (Å²) in [5.74, 6) is -0.117. The van der Waals surface area contributed by atoms with Crippen LogP contribution in [0.2, 0.25) is 0 Å². The third kappa shape index (κ3) is 26.5. The normalized spacial score (nSPS) is 11.4. The summed E-state index contributed by atoms with van der Waals surface area (Å²) < 4.78 is 17.5. The van der Waals surface area contributed by atoms with Gasteiger partial charge in [-0.15, -0.1) is 0 Å². The number of unbranched alkanes of at least 4 members (excludes halogenated alkanes) is 16. The van der Waals surface area contributed by atoms with Crippen LogP contribution < -0.4 is 0 Å². The topological polar surface area (TPSA) is 44.8 Å². The van der Waals surface area contributed by atoms with Crippen LogP contribution in [0.3, 0.4) is 0 Å². The first-order chi connectivity index (χ1) is 16.7. The molecule has 0 N–H and O–H groups in total. The maximum atomic E-state index is 12.2. The zero-order chi connectivity index (χ0) is 25.0. The number of carbonyl (C=O) groups is 1. The van der Waals surface area contributed by atoms with Gasteiger partial charge in [-0.3, -0.25) is 4.79 Å². The maximum absolute atomic E-state index is 12.2. The van der Waals surface area contributed by atoms with Gasteiger partial charge in [0.05, 0.1) is 13.0 Å². The first-order valence-electron chi connectivity index (χ1n) is 14.7. The minimum absolute atomic E-state index is 0.117. The highest BCUT2D eigenvalue weighted by atomic mass is 79.9. The fourth-order valence-corrected chi connectivity index (χ4v) is 4.38. The summed E-state index contributed by atoms with van der Waals surface area (Å²) in [5, 5.41) is 1.11. The van der Waals surface area contributed by atoms with Gasteiger partial charge in [-0.1, -0.05) is 126 Å². The quantitative estimate of drug-likeness (QED) is 0.0422. The van der Waals surface area contributed by atoms with E-state index in [0.717, 1.165) is 44.2 Å². The Balaban J connectivity index is 3.95. The molecule has 4 nitrogen and oxygen atoms in total. The van der Waals surface area contributed by atoms with Crippen molar-refractivity contribution in [2.45, 2.75) is 155 Å². The van der Waals surface area contributed by atoms with Crippen molar-refractivity contribution >= 4 is 21.9 Å². The Kier molecular flexibility index (Phi) is 29.0. The van der Waals surface area contributed by atoms with Crippen molar-refractivity contribution in [3.63, 3.8) is 0 Å². The number of ether oxygens (including phenoxy) is 3. The Morgan fingerprint density at radius 3 is 1.47 bits per heavy atom. The molecular weight excluding hydrogens is 492 g/mol. The number of esters is 1. The van der Waals surface area contributed by atoms with E-state index in [0.29, 0.717) is 19.4 Å². The molecule has 0 aliphatic rings. The molecule has 0 aliphatic carbocycles. The Hall–Kier alpha value is -0.130. The first-order valence-corrected chi connectivity index (χ1v) is 15.8. The average molecular weight is 550 g/mol. The van der Waals surface area contributed by atoms with E-state index >= 15 is 0 Å². The van der Waals surface area contributed by atoms with Gasteiger partial charge >= 0.3 is 5.97 Å². The second-order valence-corrected chi connectivity index (χ2v) is 10.4. The maximum Gasteiger partial charge on any atom is 0.305 e. The largest absolute Gasteiger partial charge is 0.466 e. The van der Waals surface area contributed by atoms with E-state index < -0.39 is 0 Å². The molecule has 0 bridgehead atoms. The highest BCUT2D eigenvalue weighted by Gasteiger charge is 2.13. The molecule has 0 aromatic carbocycles.